The molecule has 8 rings (SSSR count). The van der Waals surface area contributed by atoms with Gasteiger partial charge in [-0.3, -0.25) is 9.69 Å². The van der Waals surface area contributed by atoms with Gasteiger partial charge in [-0.05, 0) is 98.6 Å². The van der Waals surface area contributed by atoms with Crippen molar-refractivity contribution in [2.75, 3.05) is 37.4 Å². The van der Waals surface area contributed by atoms with Gasteiger partial charge >= 0.3 is 0 Å². The molecule has 224 valence electrons. The SMILES string of the molecule is Cc1cccc(C)c1-c1cc2nc(n1)NS(=O)(=O)c1cccc(c1)C(=O)N1CCN(CCC3C4(CC4)C34CC4)C[C@H](C1)O2. The lowest BCUT2D eigenvalue weighted by Gasteiger charge is -2.25. The van der Waals surface area contributed by atoms with Crippen molar-refractivity contribution < 1.29 is 17.9 Å². The highest BCUT2D eigenvalue weighted by atomic mass is 32.2. The van der Waals surface area contributed by atoms with Gasteiger partial charge in [0.05, 0.1) is 17.1 Å². The molecular weight excluding hydrogens is 562 g/mol. The van der Waals surface area contributed by atoms with E-state index in [0.717, 1.165) is 35.7 Å². The predicted octanol–water partition coefficient (Wildman–Crippen LogP) is 4.66. The number of carbonyl (C=O) groups is 1. The first-order valence-electron chi connectivity index (χ1n) is 15.4. The molecule has 3 aliphatic carbocycles. The fraction of sp³-hybridized carbons (Fsp3) is 0.485. The highest BCUT2D eigenvalue weighted by Gasteiger charge is 2.85. The minimum atomic E-state index is -4.07. The number of ether oxygens (including phenoxy) is 1. The van der Waals surface area contributed by atoms with E-state index in [1.807, 2.05) is 32.0 Å². The topological polar surface area (TPSA) is 105 Å². The molecule has 10 heteroatoms. The molecule has 3 heterocycles. The molecule has 3 saturated carbocycles. The van der Waals surface area contributed by atoms with Gasteiger partial charge in [0, 0.05) is 36.8 Å². The molecular formula is C33H37N5O4S. The Hall–Kier alpha value is -3.50. The van der Waals surface area contributed by atoms with Crippen molar-refractivity contribution in [2.45, 2.75) is 57.0 Å². The number of fused-ring (bicyclic) bond motifs is 7. The first-order chi connectivity index (χ1) is 20.7. The van der Waals surface area contributed by atoms with Crippen LogP contribution in [-0.4, -0.2) is 72.9 Å². The summed E-state index contributed by atoms with van der Waals surface area (Å²) in [6.45, 7) is 7.36. The number of aryl methyl sites for hydroxylation is 2. The number of nitrogens with one attached hydrogen (secondary N) is 1. The number of benzene rings is 2. The average Bonchev–Trinajstić information content (AvgIpc) is 3.89. The zero-order valence-electron chi connectivity index (χ0n) is 24.7. The van der Waals surface area contributed by atoms with Gasteiger partial charge in [-0.15, -0.1) is 0 Å². The fourth-order valence-electron chi connectivity index (χ4n) is 8.37. The molecule has 5 aliphatic rings. The molecule has 1 saturated heterocycles. The number of anilines is 1. The molecule has 9 nitrogen and oxygen atoms in total. The molecule has 3 aromatic rings. The van der Waals surface area contributed by atoms with Gasteiger partial charge in [0.25, 0.3) is 15.9 Å². The first-order valence-corrected chi connectivity index (χ1v) is 16.9. The van der Waals surface area contributed by atoms with Crippen LogP contribution in [0.15, 0.2) is 53.4 Å². The van der Waals surface area contributed by atoms with Gasteiger partial charge in [0.1, 0.15) is 6.10 Å². The third-order valence-electron chi connectivity index (χ3n) is 10.8. The zero-order chi connectivity index (χ0) is 29.6. The van der Waals surface area contributed by atoms with Crippen molar-refractivity contribution in [3.8, 4) is 17.1 Å². The van der Waals surface area contributed by atoms with Crippen molar-refractivity contribution in [3.63, 3.8) is 0 Å². The predicted molar refractivity (Wildman–Crippen MR) is 162 cm³/mol. The standard InChI is InChI=1S/C33H37N5O4S/c1-21-5-3-6-22(2)29(21)26-18-28-35-31(34-26)36-43(40,41)25-8-4-7-23(17-25)30(39)38-16-15-37(19-24(20-38)42-28)14-9-27-32(10-11-32)33(27)12-13-33/h3-8,17-18,24,27H,9-16,19-20H2,1-2H3,(H,34,35,36)/t24-/m1/s1. The summed E-state index contributed by atoms with van der Waals surface area (Å²) >= 11 is 0. The van der Waals surface area contributed by atoms with Crippen LogP contribution in [0.3, 0.4) is 0 Å². The number of hydrogen-bond donors (Lipinski definition) is 1. The van der Waals surface area contributed by atoms with Crippen LogP contribution in [0.1, 0.15) is 53.6 Å². The zero-order valence-corrected chi connectivity index (χ0v) is 25.5. The third kappa shape index (κ3) is 4.52. The number of carbonyl (C=O) groups excluding carboxylic acids is 1. The minimum Gasteiger partial charge on any atom is -0.471 e. The van der Waals surface area contributed by atoms with E-state index < -0.39 is 10.0 Å². The molecule has 6 bridgehead atoms. The van der Waals surface area contributed by atoms with Crippen LogP contribution < -0.4 is 9.46 Å². The van der Waals surface area contributed by atoms with Gasteiger partial charge in [0.15, 0.2) is 0 Å². The Kier molecular flexibility index (Phi) is 5.98. The van der Waals surface area contributed by atoms with Crippen molar-refractivity contribution in [1.82, 2.24) is 19.8 Å². The Labute approximate surface area is 252 Å². The highest BCUT2D eigenvalue weighted by Crippen LogP contribution is 2.93. The van der Waals surface area contributed by atoms with Gasteiger partial charge in [0.2, 0.25) is 11.8 Å². The van der Waals surface area contributed by atoms with E-state index >= 15 is 0 Å². The van der Waals surface area contributed by atoms with Crippen LogP contribution in [0, 0.1) is 30.6 Å². The maximum atomic E-state index is 13.8. The van der Waals surface area contributed by atoms with Gasteiger partial charge < -0.3 is 9.64 Å². The first kappa shape index (κ1) is 27.1. The minimum absolute atomic E-state index is 0.0124. The van der Waals surface area contributed by atoms with Crippen LogP contribution in [0.4, 0.5) is 5.95 Å². The summed E-state index contributed by atoms with van der Waals surface area (Å²) < 4.78 is 36.0. The quantitative estimate of drug-likeness (QED) is 0.465. The molecule has 2 aromatic carbocycles. The molecule has 1 amide bonds. The Balaban J connectivity index is 1.16. The van der Waals surface area contributed by atoms with Gasteiger partial charge in [-0.1, -0.05) is 24.3 Å². The number of nitrogens with zero attached hydrogens (tertiary/aromatic N) is 4. The summed E-state index contributed by atoms with van der Waals surface area (Å²) in [7, 11) is -4.07. The number of aromatic nitrogens is 2. The van der Waals surface area contributed by atoms with E-state index in [-0.39, 0.29) is 28.7 Å². The van der Waals surface area contributed by atoms with Crippen LogP contribution in [0.2, 0.25) is 0 Å². The van der Waals surface area contributed by atoms with Crippen molar-refractivity contribution >= 4 is 21.9 Å². The van der Waals surface area contributed by atoms with Crippen LogP contribution in [0.5, 0.6) is 5.88 Å². The summed E-state index contributed by atoms with van der Waals surface area (Å²) in [5.74, 6) is 0.883. The maximum Gasteiger partial charge on any atom is 0.264 e. The van der Waals surface area contributed by atoms with Gasteiger partial charge in [-0.25, -0.2) is 18.1 Å². The third-order valence-corrected chi connectivity index (χ3v) is 12.1. The fourth-order valence-corrected chi connectivity index (χ4v) is 9.36. The molecule has 0 radical (unpaired) electrons. The highest BCUT2D eigenvalue weighted by molar-refractivity contribution is 7.92. The lowest BCUT2D eigenvalue weighted by Crippen LogP contribution is -2.40. The maximum absolute atomic E-state index is 13.8. The van der Waals surface area contributed by atoms with Gasteiger partial charge in [-0.2, -0.15) is 4.98 Å². The Morgan fingerprint density at radius 1 is 0.953 bits per heavy atom. The van der Waals surface area contributed by atoms with Crippen LogP contribution in [-0.2, 0) is 10.0 Å². The van der Waals surface area contributed by atoms with E-state index in [2.05, 4.69) is 19.6 Å². The Bertz CT molecular complexity index is 1710. The van der Waals surface area contributed by atoms with E-state index in [9.17, 15) is 13.2 Å². The average molecular weight is 600 g/mol. The molecule has 1 atom stereocenters. The Morgan fingerprint density at radius 2 is 1.67 bits per heavy atom. The largest absolute Gasteiger partial charge is 0.471 e. The number of sulfonamides is 1. The summed E-state index contributed by atoms with van der Waals surface area (Å²) in [4.78, 5) is 27.2. The normalized spacial score (nSPS) is 24.7. The van der Waals surface area contributed by atoms with Crippen molar-refractivity contribution in [1.29, 1.82) is 0 Å². The van der Waals surface area contributed by atoms with E-state index in [1.165, 1.54) is 44.2 Å². The molecule has 2 aliphatic heterocycles. The van der Waals surface area contributed by atoms with Crippen molar-refractivity contribution in [3.05, 3.63) is 65.2 Å². The van der Waals surface area contributed by atoms with Crippen LogP contribution in [0.25, 0.3) is 11.3 Å². The van der Waals surface area contributed by atoms with Crippen molar-refractivity contribution in [2.24, 2.45) is 16.7 Å². The van der Waals surface area contributed by atoms with E-state index in [0.29, 0.717) is 41.7 Å². The molecule has 43 heavy (non-hydrogen) atoms. The summed E-state index contributed by atoms with van der Waals surface area (Å²) in [5, 5.41) is 0. The Morgan fingerprint density at radius 3 is 2.40 bits per heavy atom. The van der Waals surface area contributed by atoms with E-state index in [1.54, 1.807) is 23.1 Å². The molecule has 4 fully saturated rings. The lowest BCUT2D eigenvalue weighted by molar-refractivity contribution is 0.0690. The number of rotatable bonds is 4. The van der Waals surface area contributed by atoms with Crippen LogP contribution >= 0.6 is 0 Å². The summed E-state index contributed by atoms with van der Waals surface area (Å²) in [6, 6.07) is 14.0. The second-order valence-corrected chi connectivity index (χ2v) is 14.9. The number of amides is 1. The molecule has 1 N–H and O–H groups in total. The van der Waals surface area contributed by atoms with E-state index in [4.69, 9.17) is 4.74 Å². The summed E-state index contributed by atoms with van der Waals surface area (Å²) in [5.41, 5.74) is 5.20. The molecule has 2 spiro atoms. The molecule has 1 aromatic heterocycles. The monoisotopic (exact) mass is 599 g/mol. The molecule has 0 unspecified atom stereocenters. The second kappa shape index (κ2) is 9.50. The second-order valence-electron chi connectivity index (χ2n) is 13.3. The smallest absolute Gasteiger partial charge is 0.264 e. The summed E-state index contributed by atoms with van der Waals surface area (Å²) in [6.07, 6.45) is 6.50. The number of hydrogen-bond acceptors (Lipinski definition) is 7. The lowest BCUT2D eigenvalue weighted by atomic mass is 10.00.